The molecule has 2 atom stereocenters. The Morgan fingerprint density at radius 2 is 2.10 bits per heavy atom. The second kappa shape index (κ2) is 2.21. The van der Waals surface area contributed by atoms with Gasteiger partial charge >= 0.3 is 0 Å². The van der Waals surface area contributed by atoms with Gasteiger partial charge in [-0.2, -0.15) is 0 Å². The number of rotatable bonds is 0. The van der Waals surface area contributed by atoms with Crippen LogP contribution < -0.4 is 0 Å². The average Bonchev–Trinajstić information content (AvgIpc) is 2.48. The maximum Gasteiger partial charge on any atom is 0.0940 e. The van der Waals surface area contributed by atoms with Gasteiger partial charge in [-0.05, 0) is 32.1 Å². The highest BCUT2D eigenvalue weighted by molar-refractivity contribution is 4.96. The van der Waals surface area contributed by atoms with Gasteiger partial charge in [0.2, 0.25) is 0 Å². The predicted octanol–water partition coefficient (Wildman–Crippen LogP) is 1.08. The summed E-state index contributed by atoms with van der Waals surface area (Å²) in [6, 6.07) is 0. The first-order valence-corrected chi connectivity index (χ1v) is 4.16. The van der Waals surface area contributed by atoms with Crippen LogP contribution in [0.15, 0.2) is 0 Å². The van der Waals surface area contributed by atoms with Crippen LogP contribution in [0.1, 0.15) is 32.1 Å². The lowest BCUT2D eigenvalue weighted by Gasteiger charge is -2.26. The Morgan fingerprint density at radius 1 is 1.30 bits per heavy atom. The highest BCUT2D eigenvalue weighted by Crippen LogP contribution is 2.40. The molecule has 0 aromatic rings. The lowest BCUT2D eigenvalue weighted by Crippen LogP contribution is -2.36. The minimum absolute atomic E-state index is 0.0972. The lowest BCUT2D eigenvalue weighted by atomic mass is 9.96. The first kappa shape index (κ1) is 6.62. The van der Waals surface area contributed by atoms with Gasteiger partial charge in [-0.15, -0.1) is 0 Å². The molecule has 0 radical (unpaired) electrons. The van der Waals surface area contributed by atoms with Crippen molar-refractivity contribution in [1.82, 2.24) is 0 Å². The molecule has 0 bridgehead atoms. The molecule has 2 nitrogen and oxygen atoms in total. The molecule has 0 unspecified atom stereocenters. The molecule has 2 fully saturated rings. The minimum Gasteiger partial charge on any atom is -0.390 e. The third-order valence-electron chi connectivity index (χ3n) is 2.82. The molecule has 10 heavy (non-hydrogen) atoms. The summed E-state index contributed by atoms with van der Waals surface area (Å²) in [5, 5.41) is 9.55. The smallest absolute Gasteiger partial charge is 0.0940 e. The van der Waals surface area contributed by atoms with Crippen molar-refractivity contribution in [2.75, 3.05) is 6.61 Å². The molecule has 1 N–H and O–H groups in total. The molecule has 1 saturated carbocycles. The van der Waals surface area contributed by atoms with Gasteiger partial charge in [0.1, 0.15) is 0 Å². The maximum absolute atomic E-state index is 9.55. The normalized spacial score (nSPS) is 47.1. The molecule has 1 aliphatic carbocycles. The summed E-state index contributed by atoms with van der Waals surface area (Å²) in [5.74, 6) is 0. The van der Waals surface area contributed by atoms with Crippen molar-refractivity contribution in [3.8, 4) is 0 Å². The third kappa shape index (κ3) is 0.789. The van der Waals surface area contributed by atoms with Crippen molar-refractivity contribution in [3.05, 3.63) is 0 Å². The first-order chi connectivity index (χ1) is 4.83. The Bertz CT molecular complexity index is 122. The van der Waals surface area contributed by atoms with Crippen molar-refractivity contribution in [2.24, 2.45) is 0 Å². The van der Waals surface area contributed by atoms with Gasteiger partial charge in [-0.3, -0.25) is 0 Å². The van der Waals surface area contributed by atoms with Crippen LogP contribution in [0.2, 0.25) is 0 Å². The molecule has 1 heterocycles. The Morgan fingerprint density at radius 3 is 2.60 bits per heavy atom. The van der Waals surface area contributed by atoms with E-state index in [0.717, 1.165) is 38.7 Å². The van der Waals surface area contributed by atoms with E-state index < -0.39 is 0 Å². The number of ether oxygens (including phenoxy) is 1. The van der Waals surface area contributed by atoms with E-state index in [1.54, 1.807) is 0 Å². The quantitative estimate of drug-likeness (QED) is 0.548. The lowest BCUT2D eigenvalue weighted by molar-refractivity contribution is -0.0701. The second-order valence-corrected chi connectivity index (χ2v) is 3.42. The SMILES string of the molecule is O[C@H]1CCC[C@]12CCCO2. The summed E-state index contributed by atoms with van der Waals surface area (Å²) < 4.78 is 5.56. The van der Waals surface area contributed by atoms with E-state index in [4.69, 9.17) is 4.74 Å². The van der Waals surface area contributed by atoms with Gasteiger partial charge in [-0.25, -0.2) is 0 Å². The fourth-order valence-corrected chi connectivity index (χ4v) is 2.20. The van der Waals surface area contributed by atoms with E-state index in [9.17, 15) is 5.11 Å². The van der Waals surface area contributed by atoms with Gasteiger partial charge in [0.15, 0.2) is 0 Å². The Kier molecular flexibility index (Phi) is 1.46. The number of aliphatic hydroxyl groups is 1. The largest absolute Gasteiger partial charge is 0.390 e. The van der Waals surface area contributed by atoms with Crippen LogP contribution in [0.25, 0.3) is 0 Å². The highest BCUT2D eigenvalue weighted by Gasteiger charge is 2.45. The average molecular weight is 142 g/mol. The second-order valence-electron chi connectivity index (χ2n) is 3.42. The van der Waals surface area contributed by atoms with Crippen molar-refractivity contribution < 1.29 is 9.84 Å². The van der Waals surface area contributed by atoms with Crippen molar-refractivity contribution >= 4 is 0 Å². The van der Waals surface area contributed by atoms with Gasteiger partial charge in [0.05, 0.1) is 11.7 Å². The highest BCUT2D eigenvalue weighted by atomic mass is 16.5. The van der Waals surface area contributed by atoms with Gasteiger partial charge in [-0.1, -0.05) is 0 Å². The molecule has 1 aliphatic heterocycles. The standard InChI is InChI=1S/C8H14O2/c9-7-3-1-4-8(7)5-2-6-10-8/h7,9H,1-6H2/t7-,8-/m0/s1. The summed E-state index contributed by atoms with van der Waals surface area (Å²) in [6.07, 6.45) is 5.20. The molecular weight excluding hydrogens is 128 g/mol. The molecule has 2 aliphatic rings. The van der Waals surface area contributed by atoms with E-state index in [1.807, 2.05) is 0 Å². The molecule has 2 rings (SSSR count). The van der Waals surface area contributed by atoms with Crippen LogP contribution in [0.5, 0.6) is 0 Å². The number of hydrogen-bond acceptors (Lipinski definition) is 2. The topological polar surface area (TPSA) is 29.5 Å². The summed E-state index contributed by atoms with van der Waals surface area (Å²) in [4.78, 5) is 0. The molecule has 0 aromatic heterocycles. The zero-order chi connectivity index (χ0) is 7.03. The van der Waals surface area contributed by atoms with E-state index in [-0.39, 0.29) is 11.7 Å². The van der Waals surface area contributed by atoms with E-state index in [1.165, 1.54) is 0 Å². The zero-order valence-electron chi connectivity index (χ0n) is 6.18. The Hall–Kier alpha value is -0.0800. The van der Waals surface area contributed by atoms with Gasteiger partial charge in [0, 0.05) is 6.61 Å². The summed E-state index contributed by atoms with van der Waals surface area (Å²) in [5.41, 5.74) is -0.0972. The minimum atomic E-state index is -0.171. The zero-order valence-corrected chi connectivity index (χ0v) is 6.18. The fourth-order valence-electron chi connectivity index (χ4n) is 2.20. The van der Waals surface area contributed by atoms with Crippen molar-refractivity contribution in [3.63, 3.8) is 0 Å². The van der Waals surface area contributed by atoms with E-state index in [0.29, 0.717) is 0 Å². The molecule has 1 saturated heterocycles. The van der Waals surface area contributed by atoms with E-state index in [2.05, 4.69) is 0 Å². The van der Waals surface area contributed by atoms with Gasteiger partial charge in [0.25, 0.3) is 0 Å². The van der Waals surface area contributed by atoms with Crippen LogP contribution >= 0.6 is 0 Å². The maximum atomic E-state index is 9.55. The Labute approximate surface area is 61.2 Å². The van der Waals surface area contributed by atoms with Crippen LogP contribution in [0.4, 0.5) is 0 Å². The van der Waals surface area contributed by atoms with Crippen LogP contribution in [0, 0.1) is 0 Å². The van der Waals surface area contributed by atoms with Crippen molar-refractivity contribution in [1.29, 1.82) is 0 Å². The summed E-state index contributed by atoms with van der Waals surface area (Å²) in [7, 11) is 0. The first-order valence-electron chi connectivity index (χ1n) is 4.16. The summed E-state index contributed by atoms with van der Waals surface area (Å²) >= 11 is 0. The van der Waals surface area contributed by atoms with Crippen LogP contribution in [-0.4, -0.2) is 23.4 Å². The number of hydrogen-bond donors (Lipinski definition) is 1. The number of aliphatic hydroxyl groups excluding tert-OH is 1. The fraction of sp³-hybridized carbons (Fsp3) is 1.00. The van der Waals surface area contributed by atoms with Crippen LogP contribution in [-0.2, 0) is 4.74 Å². The van der Waals surface area contributed by atoms with E-state index >= 15 is 0 Å². The molecule has 2 heteroatoms. The summed E-state index contributed by atoms with van der Waals surface area (Å²) in [6.45, 7) is 0.858. The molecule has 1 spiro atoms. The molecule has 58 valence electrons. The molecule has 0 aromatic carbocycles. The Balaban J connectivity index is 2.11. The monoisotopic (exact) mass is 142 g/mol. The molecular formula is C8H14O2. The van der Waals surface area contributed by atoms with Crippen LogP contribution in [0.3, 0.4) is 0 Å². The van der Waals surface area contributed by atoms with Crippen molar-refractivity contribution in [2.45, 2.75) is 43.8 Å². The van der Waals surface area contributed by atoms with Gasteiger partial charge < -0.3 is 9.84 Å². The third-order valence-corrected chi connectivity index (χ3v) is 2.82. The predicted molar refractivity (Wildman–Crippen MR) is 37.8 cm³/mol. The molecule has 0 amide bonds.